The molecule has 0 aromatic carbocycles. The van der Waals surface area contributed by atoms with Crippen molar-refractivity contribution in [3.8, 4) is 0 Å². The van der Waals surface area contributed by atoms with Crippen LogP contribution in [0.15, 0.2) is 16.7 Å². The van der Waals surface area contributed by atoms with Gasteiger partial charge in [-0.2, -0.15) is 0 Å². The van der Waals surface area contributed by atoms with Crippen LogP contribution >= 0.6 is 15.9 Å². The van der Waals surface area contributed by atoms with Crippen LogP contribution in [0.2, 0.25) is 0 Å². The van der Waals surface area contributed by atoms with E-state index in [0.29, 0.717) is 29.8 Å². The first-order valence-electron chi connectivity index (χ1n) is 8.83. The predicted octanol–water partition coefficient (Wildman–Crippen LogP) is 2.63. The first-order valence-corrected chi connectivity index (χ1v) is 9.62. The number of carbonyl (C=O) groups is 1. The lowest BCUT2D eigenvalue weighted by molar-refractivity contribution is 0.0333. The van der Waals surface area contributed by atoms with E-state index in [1.54, 1.807) is 12.3 Å². The molecule has 3 rings (SSSR count). The molecule has 2 aliphatic rings. The van der Waals surface area contributed by atoms with E-state index in [0.717, 1.165) is 49.9 Å². The van der Waals surface area contributed by atoms with Crippen molar-refractivity contribution in [2.75, 3.05) is 38.3 Å². The number of hydrogen-bond acceptors (Lipinski definition) is 6. The molecule has 6 nitrogen and oxygen atoms in total. The smallest absolute Gasteiger partial charge is 0.341 e. The third-order valence-corrected chi connectivity index (χ3v) is 5.67. The van der Waals surface area contributed by atoms with Crippen molar-refractivity contribution in [2.45, 2.75) is 31.8 Å². The highest BCUT2D eigenvalue weighted by atomic mass is 79.9. The first-order chi connectivity index (χ1) is 12.1. The molecule has 0 aliphatic carbocycles. The van der Waals surface area contributed by atoms with E-state index in [9.17, 15) is 9.90 Å². The number of aliphatic hydroxyl groups excluding tert-OH is 1. The lowest BCUT2D eigenvalue weighted by Crippen LogP contribution is -2.45. The van der Waals surface area contributed by atoms with Crippen molar-refractivity contribution in [3.05, 3.63) is 22.3 Å². The second kappa shape index (κ2) is 8.47. The Labute approximate surface area is 156 Å². The van der Waals surface area contributed by atoms with Crippen LogP contribution in [0, 0.1) is 11.8 Å². The number of pyridine rings is 1. The molecule has 1 aromatic heterocycles. The molecule has 2 atom stereocenters. The average molecular weight is 413 g/mol. The number of ether oxygens (including phenoxy) is 2. The molecule has 2 fully saturated rings. The first kappa shape index (κ1) is 18.6. The number of nitrogens with zero attached hydrogens (tertiary/aromatic N) is 2. The van der Waals surface area contributed by atoms with E-state index >= 15 is 0 Å². The second-order valence-corrected chi connectivity index (χ2v) is 7.79. The van der Waals surface area contributed by atoms with Gasteiger partial charge in [0.05, 0.1) is 13.2 Å². The lowest BCUT2D eigenvalue weighted by atomic mass is 9.82. The van der Waals surface area contributed by atoms with Gasteiger partial charge in [0.1, 0.15) is 11.4 Å². The van der Waals surface area contributed by atoms with Crippen LogP contribution in [0.25, 0.3) is 0 Å². The van der Waals surface area contributed by atoms with Gasteiger partial charge in [-0.1, -0.05) is 0 Å². The summed E-state index contributed by atoms with van der Waals surface area (Å²) in [4.78, 5) is 18.4. The number of β-amino-alcohol motifs (C(OH)–C–C–N with tert-alkyl or cyclic N) is 1. The molecule has 0 bridgehead atoms. The zero-order valence-corrected chi connectivity index (χ0v) is 16.1. The number of halogens is 1. The Morgan fingerprint density at radius 3 is 2.88 bits per heavy atom. The van der Waals surface area contributed by atoms with E-state index in [4.69, 9.17) is 9.47 Å². The number of piperidine rings is 1. The number of rotatable bonds is 4. The van der Waals surface area contributed by atoms with Crippen molar-refractivity contribution >= 4 is 27.7 Å². The molecule has 0 amide bonds. The Morgan fingerprint density at radius 2 is 2.20 bits per heavy atom. The Hall–Kier alpha value is -1.18. The molecule has 1 N–H and O–H groups in total. The number of aliphatic hydroxyl groups is 1. The SMILES string of the molecule is COC(=O)c1cc(Br)cnc1N1CCC(CC2CCOCC2)C(O)C1. The molecular weight excluding hydrogens is 388 g/mol. The minimum Gasteiger partial charge on any atom is -0.465 e. The van der Waals surface area contributed by atoms with E-state index < -0.39 is 12.1 Å². The number of esters is 1. The zero-order valence-electron chi connectivity index (χ0n) is 14.5. The summed E-state index contributed by atoms with van der Waals surface area (Å²) in [6.45, 7) is 2.95. The highest BCUT2D eigenvalue weighted by molar-refractivity contribution is 9.10. The van der Waals surface area contributed by atoms with Crippen molar-refractivity contribution in [2.24, 2.45) is 11.8 Å². The maximum atomic E-state index is 12.1. The molecule has 2 aliphatic heterocycles. The summed E-state index contributed by atoms with van der Waals surface area (Å²) in [7, 11) is 1.36. The highest BCUT2D eigenvalue weighted by Crippen LogP contribution is 2.32. The van der Waals surface area contributed by atoms with Gasteiger partial charge in [-0.25, -0.2) is 9.78 Å². The molecule has 25 heavy (non-hydrogen) atoms. The van der Waals surface area contributed by atoms with Gasteiger partial charge < -0.3 is 19.5 Å². The predicted molar refractivity (Wildman–Crippen MR) is 97.8 cm³/mol. The molecule has 0 radical (unpaired) electrons. The van der Waals surface area contributed by atoms with Crippen LogP contribution < -0.4 is 4.90 Å². The monoisotopic (exact) mass is 412 g/mol. The standard InChI is InChI=1S/C18H25BrN2O4/c1-24-18(23)15-9-14(19)10-20-17(15)21-5-2-13(16(22)11-21)8-12-3-6-25-7-4-12/h9-10,12-13,16,22H,2-8,11H2,1H3. The third-order valence-electron chi connectivity index (χ3n) is 5.24. The number of methoxy groups -OCH3 is 1. The fourth-order valence-corrected chi connectivity index (χ4v) is 4.13. The molecule has 7 heteroatoms. The fourth-order valence-electron chi connectivity index (χ4n) is 3.80. The third kappa shape index (κ3) is 4.51. The largest absolute Gasteiger partial charge is 0.465 e. The summed E-state index contributed by atoms with van der Waals surface area (Å²) >= 11 is 3.35. The van der Waals surface area contributed by atoms with Crippen molar-refractivity contribution in [1.29, 1.82) is 0 Å². The molecule has 1 aromatic rings. The summed E-state index contributed by atoms with van der Waals surface area (Å²) in [5, 5.41) is 10.6. The van der Waals surface area contributed by atoms with Gasteiger partial charge in [0.25, 0.3) is 0 Å². The molecule has 2 saturated heterocycles. The van der Waals surface area contributed by atoms with E-state index in [-0.39, 0.29) is 0 Å². The Balaban J connectivity index is 1.67. The molecule has 138 valence electrons. The van der Waals surface area contributed by atoms with Gasteiger partial charge >= 0.3 is 5.97 Å². The number of carbonyl (C=O) groups excluding carboxylic acids is 1. The molecule has 0 spiro atoms. The van der Waals surface area contributed by atoms with E-state index in [1.165, 1.54) is 7.11 Å². The average Bonchev–Trinajstić information content (AvgIpc) is 2.63. The molecule has 0 saturated carbocycles. The molecule has 3 heterocycles. The number of anilines is 1. The van der Waals surface area contributed by atoms with Gasteiger partial charge in [-0.3, -0.25) is 0 Å². The van der Waals surface area contributed by atoms with E-state index in [2.05, 4.69) is 20.9 Å². The number of hydrogen-bond donors (Lipinski definition) is 1. The summed E-state index contributed by atoms with van der Waals surface area (Å²) < 4.78 is 11.0. The summed E-state index contributed by atoms with van der Waals surface area (Å²) in [5.41, 5.74) is 0.423. The second-order valence-electron chi connectivity index (χ2n) is 6.87. The minimum absolute atomic E-state index is 0.302. The Kier molecular flexibility index (Phi) is 6.30. The van der Waals surface area contributed by atoms with Gasteiger partial charge in [0.2, 0.25) is 0 Å². The topological polar surface area (TPSA) is 71.9 Å². The quantitative estimate of drug-likeness (QED) is 0.766. The Bertz CT molecular complexity index is 607. The fraction of sp³-hybridized carbons (Fsp3) is 0.667. The van der Waals surface area contributed by atoms with Crippen LogP contribution in [0.1, 0.15) is 36.0 Å². The van der Waals surface area contributed by atoms with Gasteiger partial charge in [0, 0.05) is 37.0 Å². The lowest BCUT2D eigenvalue weighted by Gasteiger charge is -2.39. The van der Waals surface area contributed by atoms with Gasteiger partial charge in [-0.15, -0.1) is 0 Å². The van der Waals surface area contributed by atoms with E-state index in [1.807, 2.05) is 4.90 Å². The van der Waals surface area contributed by atoms with Crippen LogP contribution in [-0.4, -0.2) is 55.6 Å². The maximum absolute atomic E-state index is 12.1. The van der Waals surface area contributed by atoms with Gasteiger partial charge in [0.15, 0.2) is 0 Å². The van der Waals surface area contributed by atoms with Crippen LogP contribution in [0.3, 0.4) is 0 Å². The van der Waals surface area contributed by atoms with Crippen LogP contribution in [0.4, 0.5) is 5.82 Å². The van der Waals surface area contributed by atoms with Crippen LogP contribution in [-0.2, 0) is 9.47 Å². The van der Waals surface area contributed by atoms with Crippen LogP contribution in [0.5, 0.6) is 0 Å². The normalized spacial score (nSPS) is 25.0. The number of aromatic nitrogens is 1. The molecular formula is C18H25BrN2O4. The Morgan fingerprint density at radius 1 is 1.44 bits per heavy atom. The van der Waals surface area contributed by atoms with Crippen molar-refractivity contribution < 1.29 is 19.4 Å². The van der Waals surface area contributed by atoms with Crippen molar-refractivity contribution in [1.82, 2.24) is 4.98 Å². The minimum atomic E-state index is -0.414. The summed E-state index contributed by atoms with van der Waals surface area (Å²) in [6.07, 6.45) is 5.39. The van der Waals surface area contributed by atoms with Gasteiger partial charge in [-0.05, 0) is 59.5 Å². The highest BCUT2D eigenvalue weighted by Gasteiger charge is 2.32. The maximum Gasteiger partial charge on any atom is 0.341 e. The zero-order chi connectivity index (χ0) is 17.8. The molecule has 2 unspecified atom stereocenters. The summed E-state index contributed by atoms with van der Waals surface area (Å²) in [5.74, 6) is 1.12. The summed E-state index contributed by atoms with van der Waals surface area (Å²) in [6, 6.07) is 1.72. The van der Waals surface area contributed by atoms with Crippen molar-refractivity contribution in [3.63, 3.8) is 0 Å².